The van der Waals surface area contributed by atoms with E-state index < -0.39 is 0 Å². The van der Waals surface area contributed by atoms with Crippen molar-refractivity contribution in [3.8, 4) is 34.1 Å². The number of benzene rings is 2. The second kappa shape index (κ2) is 5.09. The first kappa shape index (κ1) is 12.3. The van der Waals surface area contributed by atoms with Gasteiger partial charge in [0.2, 0.25) is 0 Å². The molecule has 0 bridgehead atoms. The van der Waals surface area contributed by atoms with Crippen LogP contribution in [0.3, 0.4) is 0 Å². The first-order valence-electron chi connectivity index (χ1n) is 6.26. The summed E-state index contributed by atoms with van der Waals surface area (Å²) in [6, 6.07) is 15.0. The number of ether oxygens (including phenoxy) is 1. The van der Waals surface area contributed by atoms with Crippen LogP contribution < -0.4 is 4.74 Å². The quantitative estimate of drug-likeness (QED) is 0.763. The smallest absolute Gasteiger partial charge is 0.141 e. The van der Waals surface area contributed by atoms with Crippen LogP contribution in [0, 0.1) is 0 Å². The fourth-order valence-corrected chi connectivity index (χ4v) is 2.05. The van der Waals surface area contributed by atoms with Crippen LogP contribution in [0.2, 0.25) is 0 Å². The average molecular weight is 266 g/mol. The van der Waals surface area contributed by atoms with Gasteiger partial charge in [0.1, 0.15) is 17.3 Å². The Labute approximate surface area is 116 Å². The lowest BCUT2D eigenvalue weighted by atomic mass is 10.1. The number of nitrogens with one attached hydrogen (secondary N) is 1. The van der Waals surface area contributed by atoms with Crippen molar-refractivity contribution < 1.29 is 9.84 Å². The monoisotopic (exact) mass is 266 g/mol. The molecule has 20 heavy (non-hydrogen) atoms. The molecule has 0 aliphatic heterocycles. The Balaban J connectivity index is 2.02. The van der Waals surface area contributed by atoms with Crippen LogP contribution >= 0.6 is 0 Å². The van der Waals surface area contributed by atoms with E-state index in [9.17, 15) is 5.11 Å². The summed E-state index contributed by atoms with van der Waals surface area (Å²) in [5.74, 6) is 1.45. The summed E-state index contributed by atoms with van der Waals surface area (Å²) in [5.41, 5.74) is 2.57. The molecule has 2 aromatic carbocycles. The van der Waals surface area contributed by atoms with Crippen molar-refractivity contribution in [3.63, 3.8) is 0 Å². The van der Waals surface area contributed by atoms with Gasteiger partial charge >= 0.3 is 0 Å². The molecule has 0 aliphatic carbocycles. The molecule has 0 spiro atoms. The van der Waals surface area contributed by atoms with Crippen LogP contribution in [-0.4, -0.2) is 22.2 Å². The summed E-state index contributed by atoms with van der Waals surface area (Å²) < 4.78 is 5.17. The Hall–Kier alpha value is -2.75. The normalized spacial score (nSPS) is 10.4. The van der Waals surface area contributed by atoms with E-state index in [4.69, 9.17) is 4.74 Å². The number of phenols is 1. The maximum atomic E-state index is 9.95. The molecule has 3 aromatic rings. The number of aromatic nitrogens is 2. The molecule has 3 rings (SSSR count). The molecule has 0 aliphatic rings. The number of aromatic amines is 1. The van der Waals surface area contributed by atoms with Gasteiger partial charge in [0.05, 0.1) is 24.6 Å². The van der Waals surface area contributed by atoms with Gasteiger partial charge in [0, 0.05) is 0 Å². The largest absolute Gasteiger partial charge is 0.507 e. The Morgan fingerprint density at radius 1 is 1.10 bits per heavy atom. The minimum absolute atomic E-state index is 0.166. The third-order valence-electron chi connectivity index (χ3n) is 3.12. The van der Waals surface area contributed by atoms with Crippen molar-refractivity contribution in [1.82, 2.24) is 9.97 Å². The Morgan fingerprint density at radius 3 is 2.65 bits per heavy atom. The van der Waals surface area contributed by atoms with E-state index in [2.05, 4.69) is 9.97 Å². The zero-order chi connectivity index (χ0) is 13.9. The van der Waals surface area contributed by atoms with E-state index in [1.54, 1.807) is 31.5 Å². The molecule has 0 unspecified atom stereocenters. The molecule has 2 N–H and O–H groups in total. The number of hydrogen-bond donors (Lipinski definition) is 2. The molecule has 0 saturated heterocycles. The zero-order valence-electron chi connectivity index (χ0n) is 11.0. The highest BCUT2D eigenvalue weighted by Crippen LogP contribution is 2.31. The van der Waals surface area contributed by atoms with Gasteiger partial charge in [0.15, 0.2) is 0 Å². The highest BCUT2D eigenvalue weighted by molar-refractivity contribution is 5.69. The first-order chi connectivity index (χ1) is 9.78. The maximum absolute atomic E-state index is 9.95. The van der Waals surface area contributed by atoms with Crippen LogP contribution in [0.1, 0.15) is 0 Å². The second-order valence-corrected chi connectivity index (χ2v) is 4.39. The standard InChI is InChI=1S/C16H14N2O2/c1-20-12-7-8-15(19)13(9-12)16-17-10-14(18-16)11-5-3-2-4-6-11/h2-10,19H,1H3,(H,17,18). The molecule has 4 nitrogen and oxygen atoms in total. The van der Waals surface area contributed by atoms with Gasteiger partial charge < -0.3 is 14.8 Å². The lowest BCUT2D eigenvalue weighted by molar-refractivity contribution is 0.412. The van der Waals surface area contributed by atoms with Gasteiger partial charge in [-0.2, -0.15) is 0 Å². The van der Waals surface area contributed by atoms with Gasteiger partial charge in [-0.3, -0.25) is 0 Å². The van der Waals surface area contributed by atoms with Crippen molar-refractivity contribution in [2.75, 3.05) is 7.11 Å². The molecule has 100 valence electrons. The number of methoxy groups -OCH3 is 1. The number of imidazole rings is 1. The molecule has 4 heteroatoms. The summed E-state index contributed by atoms with van der Waals surface area (Å²) in [6.45, 7) is 0. The van der Waals surface area contributed by atoms with Crippen molar-refractivity contribution >= 4 is 0 Å². The number of aromatic hydroxyl groups is 1. The predicted molar refractivity (Wildman–Crippen MR) is 77.7 cm³/mol. The van der Waals surface area contributed by atoms with Crippen LogP contribution in [0.4, 0.5) is 0 Å². The molecule has 0 amide bonds. The van der Waals surface area contributed by atoms with Gasteiger partial charge in [-0.05, 0) is 23.8 Å². The molecular weight excluding hydrogens is 252 g/mol. The summed E-state index contributed by atoms with van der Waals surface area (Å²) in [6.07, 6.45) is 1.75. The summed E-state index contributed by atoms with van der Waals surface area (Å²) in [5, 5.41) is 9.95. The maximum Gasteiger partial charge on any atom is 0.141 e. The van der Waals surface area contributed by atoms with Crippen molar-refractivity contribution in [2.24, 2.45) is 0 Å². The minimum atomic E-state index is 0.166. The molecule has 0 saturated carbocycles. The minimum Gasteiger partial charge on any atom is -0.507 e. The molecule has 0 radical (unpaired) electrons. The highest BCUT2D eigenvalue weighted by atomic mass is 16.5. The molecular formula is C16H14N2O2. The van der Waals surface area contributed by atoms with E-state index in [1.807, 2.05) is 30.3 Å². The molecule has 1 aromatic heterocycles. The Morgan fingerprint density at radius 2 is 1.90 bits per heavy atom. The van der Waals surface area contributed by atoms with Gasteiger partial charge in [-0.15, -0.1) is 0 Å². The summed E-state index contributed by atoms with van der Waals surface area (Å²) in [4.78, 5) is 7.54. The van der Waals surface area contributed by atoms with Gasteiger partial charge in [-0.1, -0.05) is 30.3 Å². The average Bonchev–Trinajstić information content (AvgIpc) is 2.98. The van der Waals surface area contributed by atoms with Crippen molar-refractivity contribution in [3.05, 3.63) is 54.7 Å². The number of H-pyrrole nitrogens is 1. The summed E-state index contributed by atoms with van der Waals surface area (Å²) >= 11 is 0. The molecule has 0 fully saturated rings. The van der Waals surface area contributed by atoms with Crippen molar-refractivity contribution in [2.45, 2.75) is 0 Å². The van der Waals surface area contributed by atoms with E-state index in [-0.39, 0.29) is 5.75 Å². The second-order valence-electron chi connectivity index (χ2n) is 4.39. The van der Waals surface area contributed by atoms with Crippen LogP contribution in [0.15, 0.2) is 54.7 Å². The predicted octanol–water partition coefficient (Wildman–Crippen LogP) is 3.46. The third-order valence-corrected chi connectivity index (χ3v) is 3.12. The lowest BCUT2D eigenvalue weighted by Crippen LogP contribution is -1.86. The fraction of sp³-hybridized carbons (Fsp3) is 0.0625. The Kier molecular flexibility index (Phi) is 3.13. The SMILES string of the molecule is COc1ccc(O)c(-c2ncc(-c3ccccc3)[nH]2)c1. The van der Waals surface area contributed by atoms with Crippen LogP contribution in [0.25, 0.3) is 22.6 Å². The van der Waals surface area contributed by atoms with E-state index in [0.29, 0.717) is 17.1 Å². The van der Waals surface area contributed by atoms with E-state index >= 15 is 0 Å². The number of hydrogen-bond acceptors (Lipinski definition) is 3. The highest BCUT2D eigenvalue weighted by Gasteiger charge is 2.10. The van der Waals surface area contributed by atoms with E-state index in [1.165, 1.54) is 0 Å². The van der Waals surface area contributed by atoms with Gasteiger partial charge in [-0.25, -0.2) is 4.98 Å². The molecule has 0 atom stereocenters. The topological polar surface area (TPSA) is 58.1 Å². The van der Waals surface area contributed by atoms with E-state index in [0.717, 1.165) is 11.3 Å². The lowest BCUT2D eigenvalue weighted by Gasteiger charge is -2.04. The van der Waals surface area contributed by atoms with Crippen LogP contribution in [0.5, 0.6) is 11.5 Å². The number of rotatable bonds is 3. The van der Waals surface area contributed by atoms with Crippen molar-refractivity contribution in [1.29, 1.82) is 0 Å². The van der Waals surface area contributed by atoms with Crippen LogP contribution in [-0.2, 0) is 0 Å². The Bertz CT molecular complexity index is 720. The van der Waals surface area contributed by atoms with Gasteiger partial charge in [0.25, 0.3) is 0 Å². The number of nitrogens with zero attached hydrogens (tertiary/aromatic N) is 1. The third kappa shape index (κ3) is 2.23. The fourth-order valence-electron chi connectivity index (χ4n) is 2.05. The molecule has 1 heterocycles. The zero-order valence-corrected chi connectivity index (χ0v) is 11.0. The number of phenolic OH excluding ortho intramolecular Hbond substituents is 1. The summed E-state index contributed by atoms with van der Waals surface area (Å²) in [7, 11) is 1.59. The first-order valence-corrected chi connectivity index (χ1v) is 6.26.